The zero-order valence-corrected chi connectivity index (χ0v) is 16.8. The molecule has 0 aliphatic rings. The van der Waals surface area contributed by atoms with Gasteiger partial charge >= 0.3 is 5.69 Å². The molecule has 0 saturated carbocycles. The molecule has 0 spiro atoms. The number of rotatable bonds is 3. The average Bonchev–Trinajstić information content (AvgIpc) is 3.16. The van der Waals surface area contributed by atoms with Gasteiger partial charge in [0, 0.05) is 13.5 Å². The lowest BCUT2D eigenvalue weighted by Crippen LogP contribution is -2.38. The second-order valence-corrected chi connectivity index (χ2v) is 7.83. The van der Waals surface area contributed by atoms with Crippen molar-refractivity contribution in [3.05, 3.63) is 103 Å². The first-order valence-corrected chi connectivity index (χ1v) is 9.95. The van der Waals surface area contributed by atoms with Crippen LogP contribution in [0.1, 0.15) is 16.0 Å². The summed E-state index contributed by atoms with van der Waals surface area (Å²) in [5, 5.41) is 0.393. The van der Waals surface area contributed by atoms with Crippen LogP contribution in [0.2, 0.25) is 0 Å². The smallest absolute Gasteiger partial charge is 0.287 e. The van der Waals surface area contributed by atoms with Gasteiger partial charge in [-0.15, -0.1) is 11.3 Å². The summed E-state index contributed by atoms with van der Waals surface area (Å²) < 4.78 is 28.9. The van der Waals surface area contributed by atoms with Crippen LogP contribution >= 0.6 is 11.3 Å². The minimum atomic E-state index is -0.468. The molecular weight excluding hydrogens is 406 g/mol. The maximum Gasteiger partial charge on any atom is 0.332 e. The molecule has 0 saturated heterocycles. The number of hydrogen-bond donors (Lipinski definition) is 0. The highest BCUT2D eigenvalue weighted by atomic mass is 32.1. The van der Waals surface area contributed by atoms with Crippen LogP contribution in [0.4, 0.5) is 8.78 Å². The van der Waals surface area contributed by atoms with Crippen molar-refractivity contribution in [2.45, 2.75) is 13.0 Å². The summed E-state index contributed by atoms with van der Waals surface area (Å²) in [5.74, 6) is 5.30. The summed E-state index contributed by atoms with van der Waals surface area (Å²) in [6.45, 7) is -0.0133. The Morgan fingerprint density at radius 1 is 0.967 bits per heavy atom. The van der Waals surface area contributed by atoms with E-state index in [9.17, 15) is 18.4 Å². The number of hydrogen-bond acceptors (Lipinski definition) is 3. The van der Waals surface area contributed by atoms with Crippen LogP contribution in [0, 0.1) is 23.5 Å². The van der Waals surface area contributed by atoms with Crippen LogP contribution in [0.5, 0.6) is 0 Å². The topological polar surface area (TPSA) is 44.0 Å². The maximum atomic E-state index is 13.5. The van der Waals surface area contributed by atoms with Crippen LogP contribution in [0.3, 0.4) is 0 Å². The molecule has 0 atom stereocenters. The largest absolute Gasteiger partial charge is 0.332 e. The first-order chi connectivity index (χ1) is 14.4. The van der Waals surface area contributed by atoms with E-state index >= 15 is 0 Å². The normalized spacial score (nSPS) is 10.8. The van der Waals surface area contributed by atoms with E-state index in [4.69, 9.17) is 0 Å². The van der Waals surface area contributed by atoms with Crippen LogP contribution in [0.25, 0.3) is 10.2 Å². The summed E-state index contributed by atoms with van der Waals surface area (Å²) in [4.78, 5) is 26.8. The third-order valence-corrected chi connectivity index (χ3v) is 5.78. The Hall–Kier alpha value is -3.50. The van der Waals surface area contributed by atoms with E-state index in [0.717, 1.165) is 10.1 Å². The van der Waals surface area contributed by atoms with E-state index in [2.05, 4.69) is 11.8 Å². The minimum Gasteiger partial charge on any atom is -0.287 e. The second-order valence-electron chi connectivity index (χ2n) is 6.80. The van der Waals surface area contributed by atoms with Gasteiger partial charge in [0.15, 0.2) is 0 Å². The summed E-state index contributed by atoms with van der Waals surface area (Å²) in [7, 11) is 1.60. The standard InChI is InChI=1S/C23H16F2N2O2S/c1-26-22-20(13-19(30-22)7-3-4-15-8-10-17(24)11-9-15)21(28)27(23(26)29)14-16-5-2-6-18(25)12-16/h2,5-6,8-13H,4,14H2,1H3. The number of halogens is 2. The van der Waals surface area contributed by atoms with Gasteiger partial charge in [-0.05, 0) is 41.5 Å². The fourth-order valence-electron chi connectivity index (χ4n) is 3.14. The number of aryl methyl sites for hydroxylation is 1. The Bertz CT molecular complexity index is 1420. The first-order valence-electron chi connectivity index (χ1n) is 9.13. The number of fused-ring (bicyclic) bond motifs is 1. The Kier molecular flexibility index (Phi) is 5.34. The maximum absolute atomic E-state index is 13.5. The fraction of sp³-hybridized carbons (Fsp3) is 0.130. The number of nitrogens with zero attached hydrogens (tertiary/aromatic N) is 2. The lowest BCUT2D eigenvalue weighted by atomic mass is 10.1. The third kappa shape index (κ3) is 3.95. The van der Waals surface area contributed by atoms with Crippen molar-refractivity contribution >= 4 is 21.6 Å². The molecule has 0 aliphatic heterocycles. The van der Waals surface area contributed by atoms with E-state index in [1.165, 1.54) is 46.2 Å². The molecule has 4 aromatic rings. The molecule has 2 aromatic heterocycles. The highest BCUT2D eigenvalue weighted by Crippen LogP contribution is 2.21. The lowest BCUT2D eigenvalue weighted by Gasteiger charge is -2.08. The molecule has 150 valence electrons. The average molecular weight is 422 g/mol. The van der Waals surface area contributed by atoms with Crippen molar-refractivity contribution in [3.8, 4) is 11.8 Å². The molecule has 0 fully saturated rings. The van der Waals surface area contributed by atoms with E-state index in [-0.39, 0.29) is 12.4 Å². The van der Waals surface area contributed by atoms with Crippen molar-refractivity contribution in [1.29, 1.82) is 0 Å². The van der Waals surface area contributed by atoms with E-state index in [1.54, 1.807) is 31.3 Å². The van der Waals surface area contributed by atoms with Gasteiger partial charge in [0.2, 0.25) is 0 Å². The molecule has 0 unspecified atom stereocenters. The summed E-state index contributed by atoms with van der Waals surface area (Å²) in [6.07, 6.45) is 0.442. The molecule has 0 bridgehead atoms. The fourth-order valence-corrected chi connectivity index (χ4v) is 4.12. The highest BCUT2D eigenvalue weighted by molar-refractivity contribution is 7.19. The molecule has 7 heteroatoms. The Morgan fingerprint density at radius 3 is 2.47 bits per heavy atom. The highest BCUT2D eigenvalue weighted by Gasteiger charge is 2.14. The zero-order valence-electron chi connectivity index (χ0n) is 16.0. The predicted octanol–water partition coefficient (Wildman–Crippen LogP) is 3.68. The molecule has 0 aliphatic carbocycles. The van der Waals surface area contributed by atoms with Crippen molar-refractivity contribution in [3.63, 3.8) is 0 Å². The van der Waals surface area contributed by atoms with Gasteiger partial charge in [0.1, 0.15) is 16.5 Å². The lowest BCUT2D eigenvalue weighted by molar-refractivity contribution is 0.618. The number of benzene rings is 2. The van der Waals surface area contributed by atoms with Crippen molar-refractivity contribution in [2.75, 3.05) is 0 Å². The SMILES string of the molecule is Cn1c(=O)n(Cc2cccc(F)c2)c(=O)c2cc(C#CCc3ccc(F)cc3)sc21. The molecule has 4 nitrogen and oxygen atoms in total. The Labute approximate surface area is 174 Å². The van der Waals surface area contributed by atoms with E-state index in [1.807, 2.05) is 0 Å². The van der Waals surface area contributed by atoms with Crippen LogP contribution in [-0.4, -0.2) is 9.13 Å². The molecule has 2 aromatic carbocycles. The van der Waals surface area contributed by atoms with Crippen molar-refractivity contribution in [1.82, 2.24) is 9.13 Å². The second kappa shape index (κ2) is 8.09. The predicted molar refractivity (Wildman–Crippen MR) is 114 cm³/mol. The number of thiophene rings is 1. The quantitative estimate of drug-likeness (QED) is 0.473. The molecule has 0 radical (unpaired) electrons. The number of aromatic nitrogens is 2. The first kappa shape index (κ1) is 19.8. The molecule has 0 amide bonds. The zero-order chi connectivity index (χ0) is 21.3. The van der Waals surface area contributed by atoms with Gasteiger partial charge in [0.25, 0.3) is 5.56 Å². The summed E-state index contributed by atoms with van der Waals surface area (Å²) in [6, 6.07) is 13.6. The van der Waals surface area contributed by atoms with Crippen LogP contribution in [0.15, 0.2) is 64.2 Å². The van der Waals surface area contributed by atoms with Crippen molar-refractivity contribution in [2.24, 2.45) is 7.05 Å². The molecule has 0 N–H and O–H groups in total. The Morgan fingerprint density at radius 2 is 1.73 bits per heavy atom. The minimum absolute atomic E-state index is 0.0133. The van der Waals surface area contributed by atoms with E-state index < -0.39 is 17.1 Å². The van der Waals surface area contributed by atoms with Gasteiger partial charge in [-0.2, -0.15) is 0 Å². The molecule has 2 heterocycles. The summed E-state index contributed by atoms with van der Waals surface area (Å²) in [5.41, 5.74) is 0.516. The molecule has 30 heavy (non-hydrogen) atoms. The van der Waals surface area contributed by atoms with Crippen LogP contribution in [-0.2, 0) is 20.0 Å². The van der Waals surface area contributed by atoms with E-state index in [0.29, 0.717) is 27.1 Å². The van der Waals surface area contributed by atoms with Gasteiger partial charge < -0.3 is 0 Å². The Balaban J connectivity index is 1.69. The van der Waals surface area contributed by atoms with Gasteiger partial charge in [0.05, 0.1) is 16.8 Å². The monoisotopic (exact) mass is 422 g/mol. The molecular formula is C23H16F2N2O2S. The van der Waals surface area contributed by atoms with Gasteiger partial charge in [-0.25, -0.2) is 13.6 Å². The van der Waals surface area contributed by atoms with Crippen molar-refractivity contribution < 1.29 is 8.78 Å². The van der Waals surface area contributed by atoms with Crippen LogP contribution < -0.4 is 11.2 Å². The summed E-state index contributed by atoms with van der Waals surface area (Å²) >= 11 is 1.26. The third-order valence-electron chi connectivity index (χ3n) is 4.66. The van der Waals surface area contributed by atoms with Gasteiger partial charge in [-0.1, -0.05) is 36.1 Å². The molecule has 4 rings (SSSR count). The van der Waals surface area contributed by atoms with Gasteiger partial charge in [-0.3, -0.25) is 13.9 Å².